The van der Waals surface area contributed by atoms with Gasteiger partial charge in [0, 0.05) is 23.9 Å². The lowest BCUT2D eigenvalue weighted by molar-refractivity contribution is -0.426. The molecule has 1 atom stereocenters. The third kappa shape index (κ3) is 3.36. The average molecular weight is 278 g/mol. The van der Waals surface area contributed by atoms with E-state index in [1.165, 1.54) is 12.1 Å². The highest BCUT2D eigenvalue weighted by Crippen LogP contribution is 2.20. The zero-order chi connectivity index (χ0) is 13.8. The Labute approximate surface area is 115 Å². The van der Waals surface area contributed by atoms with Crippen molar-refractivity contribution in [3.8, 4) is 0 Å². The summed E-state index contributed by atoms with van der Waals surface area (Å²) in [4.78, 5) is 14.7. The summed E-state index contributed by atoms with van der Waals surface area (Å²) in [6.07, 6.45) is 1.68. The van der Waals surface area contributed by atoms with Crippen LogP contribution in [0, 0.1) is 10.1 Å². The maximum absolute atomic E-state index is 10.6. The van der Waals surface area contributed by atoms with Gasteiger partial charge >= 0.3 is 0 Å². The van der Waals surface area contributed by atoms with Crippen LogP contribution in [0.1, 0.15) is 29.2 Å². The molecule has 1 heterocycles. The highest BCUT2D eigenvalue weighted by Gasteiger charge is 2.15. The molecule has 0 amide bonds. The van der Waals surface area contributed by atoms with E-state index in [0.29, 0.717) is 0 Å². The van der Waals surface area contributed by atoms with Gasteiger partial charge < -0.3 is 5.73 Å². The summed E-state index contributed by atoms with van der Waals surface area (Å²) in [5.41, 5.74) is 6.38. The van der Waals surface area contributed by atoms with E-state index in [4.69, 9.17) is 0 Å². The third-order valence-electron chi connectivity index (χ3n) is 2.91. The van der Waals surface area contributed by atoms with E-state index >= 15 is 0 Å². The molecule has 3 N–H and O–H groups in total. The Bertz CT molecular complexity index is 566. The first-order chi connectivity index (χ1) is 9.10. The highest BCUT2D eigenvalue weighted by molar-refractivity contribution is 7.09. The van der Waals surface area contributed by atoms with Crippen LogP contribution >= 0.6 is 11.3 Å². The number of nitrogens with zero attached hydrogens (tertiary/aromatic N) is 2. The van der Waals surface area contributed by atoms with Gasteiger partial charge in [-0.1, -0.05) is 19.1 Å². The van der Waals surface area contributed by atoms with Gasteiger partial charge in [-0.25, -0.2) is 4.98 Å². The van der Waals surface area contributed by atoms with Crippen molar-refractivity contribution in [1.82, 2.24) is 4.98 Å². The second-order valence-corrected chi connectivity index (χ2v) is 5.24. The fourth-order valence-corrected chi connectivity index (χ4v) is 2.72. The minimum absolute atomic E-state index is 0.0896. The molecule has 0 spiro atoms. The van der Waals surface area contributed by atoms with Crippen LogP contribution in [-0.2, 0) is 12.8 Å². The molecule has 1 aromatic heterocycles. The lowest BCUT2D eigenvalue weighted by Crippen LogP contribution is -2.54. The van der Waals surface area contributed by atoms with Crippen LogP contribution in [0.4, 0.5) is 5.69 Å². The number of nitro groups is 1. The van der Waals surface area contributed by atoms with Gasteiger partial charge in [0.05, 0.1) is 10.6 Å². The van der Waals surface area contributed by atoms with Crippen LogP contribution in [-0.4, -0.2) is 9.91 Å². The molecular weight excluding hydrogens is 262 g/mol. The minimum atomic E-state index is -0.389. The van der Waals surface area contributed by atoms with Gasteiger partial charge in [-0.05, 0) is 12.0 Å². The van der Waals surface area contributed by atoms with E-state index < -0.39 is 0 Å². The Balaban J connectivity index is 2.05. The van der Waals surface area contributed by atoms with Gasteiger partial charge in [0.2, 0.25) is 0 Å². The standard InChI is InChI=1S/C13H15N3O2S/c1-2-10-8-19-13(15-10)12(14)7-9-3-5-11(6-4-9)16(17)18/h3-6,8,12H,2,7,14H2,1H3/p+1. The van der Waals surface area contributed by atoms with Crippen molar-refractivity contribution in [3.63, 3.8) is 0 Å². The summed E-state index contributed by atoms with van der Waals surface area (Å²) in [6.45, 7) is 2.08. The maximum atomic E-state index is 10.6. The zero-order valence-corrected chi connectivity index (χ0v) is 11.5. The van der Waals surface area contributed by atoms with E-state index in [2.05, 4.69) is 23.0 Å². The van der Waals surface area contributed by atoms with E-state index in [1.54, 1.807) is 23.5 Å². The van der Waals surface area contributed by atoms with Crippen LogP contribution in [0.15, 0.2) is 29.6 Å². The molecule has 1 unspecified atom stereocenters. The van der Waals surface area contributed by atoms with Crippen molar-refractivity contribution in [2.75, 3.05) is 0 Å². The van der Waals surface area contributed by atoms with Gasteiger partial charge in [-0.2, -0.15) is 0 Å². The monoisotopic (exact) mass is 278 g/mol. The average Bonchev–Trinajstić information content (AvgIpc) is 2.88. The second-order valence-electron chi connectivity index (χ2n) is 4.36. The number of hydrogen-bond donors (Lipinski definition) is 1. The summed E-state index contributed by atoms with van der Waals surface area (Å²) in [5.74, 6) is 0. The quantitative estimate of drug-likeness (QED) is 0.671. The molecule has 100 valence electrons. The van der Waals surface area contributed by atoms with Crippen LogP contribution in [0.5, 0.6) is 0 Å². The Hall–Kier alpha value is -1.79. The number of hydrogen-bond acceptors (Lipinski definition) is 4. The fraction of sp³-hybridized carbons (Fsp3) is 0.308. The third-order valence-corrected chi connectivity index (χ3v) is 3.97. The van der Waals surface area contributed by atoms with Crippen LogP contribution in [0.2, 0.25) is 0 Å². The number of benzene rings is 1. The van der Waals surface area contributed by atoms with Crippen LogP contribution < -0.4 is 5.73 Å². The molecule has 0 aliphatic rings. The first kappa shape index (κ1) is 13.6. The molecule has 0 aliphatic carbocycles. The SMILES string of the molecule is CCc1csc(C([NH3+])Cc2ccc([N+](=O)[O-])cc2)n1. The molecule has 2 aromatic rings. The summed E-state index contributed by atoms with van der Waals surface area (Å²) < 4.78 is 0. The fourth-order valence-electron chi connectivity index (χ4n) is 1.80. The zero-order valence-electron chi connectivity index (χ0n) is 10.7. The van der Waals surface area contributed by atoms with Crippen molar-refractivity contribution >= 4 is 17.0 Å². The van der Waals surface area contributed by atoms with Crippen molar-refractivity contribution in [3.05, 3.63) is 56.0 Å². The topological polar surface area (TPSA) is 83.7 Å². The van der Waals surface area contributed by atoms with E-state index in [9.17, 15) is 10.1 Å². The number of aryl methyl sites for hydroxylation is 1. The number of thiazole rings is 1. The number of nitro benzene ring substituents is 1. The molecule has 0 aliphatic heterocycles. The van der Waals surface area contributed by atoms with Crippen molar-refractivity contribution < 1.29 is 10.7 Å². The summed E-state index contributed by atoms with van der Waals surface area (Å²) >= 11 is 1.63. The van der Waals surface area contributed by atoms with Gasteiger partial charge in [-0.3, -0.25) is 10.1 Å². The molecule has 1 aromatic carbocycles. The first-order valence-corrected chi connectivity index (χ1v) is 6.98. The lowest BCUT2D eigenvalue weighted by atomic mass is 10.1. The van der Waals surface area contributed by atoms with E-state index in [-0.39, 0.29) is 16.7 Å². The van der Waals surface area contributed by atoms with Crippen LogP contribution in [0.3, 0.4) is 0 Å². The van der Waals surface area contributed by atoms with Gasteiger partial charge in [0.1, 0.15) is 6.04 Å². The summed E-state index contributed by atoms with van der Waals surface area (Å²) in [5, 5.41) is 13.7. The highest BCUT2D eigenvalue weighted by atomic mass is 32.1. The largest absolute Gasteiger partial charge is 0.349 e. The normalized spacial score (nSPS) is 12.3. The van der Waals surface area contributed by atoms with E-state index in [1.807, 2.05) is 0 Å². The first-order valence-electron chi connectivity index (χ1n) is 6.11. The maximum Gasteiger partial charge on any atom is 0.269 e. The van der Waals surface area contributed by atoms with Crippen molar-refractivity contribution in [2.45, 2.75) is 25.8 Å². The second kappa shape index (κ2) is 5.90. The number of aromatic nitrogens is 1. The molecule has 0 saturated carbocycles. The van der Waals surface area contributed by atoms with Gasteiger partial charge in [0.15, 0.2) is 5.01 Å². The Morgan fingerprint density at radius 1 is 1.42 bits per heavy atom. The Morgan fingerprint density at radius 3 is 2.63 bits per heavy atom. The van der Waals surface area contributed by atoms with Gasteiger partial charge in [0.25, 0.3) is 5.69 Å². The van der Waals surface area contributed by atoms with Crippen molar-refractivity contribution in [1.29, 1.82) is 0 Å². The number of quaternary nitrogens is 1. The molecule has 6 heteroatoms. The van der Waals surface area contributed by atoms with E-state index in [0.717, 1.165) is 29.1 Å². The smallest absolute Gasteiger partial charge is 0.269 e. The molecule has 0 fully saturated rings. The summed E-state index contributed by atoms with van der Waals surface area (Å²) in [6, 6.07) is 6.71. The lowest BCUT2D eigenvalue weighted by Gasteiger charge is -2.05. The molecular formula is C13H16N3O2S+. The number of non-ortho nitro benzene ring substituents is 1. The molecule has 0 bridgehead atoms. The molecule has 0 saturated heterocycles. The minimum Gasteiger partial charge on any atom is -0.349 e. The number of rotatable bonds is 5. The van der Waals surface area contributed by atoms with Gasteiger partial charge in [-0.15, -0.1) is 11.3 Å². The molecule has 5 nitrogen and oxygen atoms in total. The Morgan fingerprint density at radius 2 is 2.11 bits per heavy atom. The summed E-state index contributed by atoms with van der Waals surface area (Å²) in [7, 11) is 0. The molecule has 0 radical (unpaired) electrons. The van der Waals surface area contributed by atoms with Crippen LogP contribution in [0.25, 0.3) is 0 Å². The predicted molar refractivity (Wildman–Crippen MR) is 73.9 cm³/mol. The van der Waals surface area contributed by atoms with Crippen molar-refractivity contribution in [2.24, 2.45) is 0 Å². The Kier molecular flexibility index (Phi) is 4.24. The molecule has 19 heavy (non-hydrogen) atoms. The molecule has 2 rings (SSSR count). The predicted octanol–water partition coefficient (Wildman–Crippen LogP) is 2.14.